The van der Waals surface area contributed by atoms with Crippen LogP contribution in [-0.4, -0.2) is 22.4 Å². The maximum absolute atomic E-state index is 13.4. The number of benzene rings is 3. The van der Waals surface area contributed by atoms with Gasteiger partial charge in [-0.3, -0.25) is 14.9 Å². The van der Waals surface area contributed by atoms with Crippen molar-refractivity contribution >= 4 is 57.1 Å². The van der Waals surface area contributed by atoms with Crippen molar-refractivity contribution in [3.63, 3.8) is 0 Å². The Morgan fingerprint density at radius 2 is 1.65 bits per heavy atom. The molecule has 0 aliphatic carbocycles. The zero-order valence-electron chi connectivity index (χ0n) is 22.0. The maximum Gasteiger partial charge on any atom is 0.335 e. The molecule has 1 saturated heterocycles. The van der Waals surface area contributed by atoms with E-state index in [2.05, 4.69) is 21.2 Å². The summed E-state index contributed by atoms with van der Waals surface area (Å²) in [5, 5.41) is 2.68. The molecule has 0 bridgehead atoms. The fraction of sp³-hybridized carbons (Fsp3) is 0.129. The summed E-state index contributed by atoms with van der Waals surface area (Å²) in [5.41, 5.74) is 5.13. The Labute approximate surface area is 245 Å². The van der Waals surface area contributed by atoms with Gasteiger partial charge in [0.15, 0.2) is 0 Å². The smallest absolute Gasteiger partial charge is 0.335 e. The normalized spacial score (nSPS) is 14.6. The van der Waals surface area contributed by atoms with E-state index in [0.717, 1.165) is 37.8 Å². The zero-order valence-corrected chi connectivity index (χ0v) is 24.3. The summed E-state index contributed by atoms with van der Waals surface area (Å²) in [5.74, 6) is -0.721. The first kappa shape index (κ1) is 27.4. The van der Waals surface area contributed by atoms with Crippen LogP contribution in [-0.2, 0) is 16.2 Å². The number of nitrogens with zero attached hydrogens (tertiary/aromatic N) is 2. The second-order valence-corrected chi connectivity index (χ2v) is 10.7. The predicted molar refractivity (Wildman–Crippen MR) is 159 cm³/mol. The number of hydrogen-bond donors (Lipinski definition) is 1. The molecule has 0 saturated carbocycles. The van der Waals surface area contributed by atoms with Gasteiger partial charge in [-0.05, 0) is 98.1 Å². The second-order valence-electron chi connectivity index (χ2n) is 9.41. The van der Waals surface area contributed by atoms with Crippen molar-refractivity contribution in [2.24, 2.45) is 0 Å². The van der Waals surface area contributed by atoms with Gasteiger partial charge in [-0.1, -0.05) is 45.7 Å². The Bertz CT molecular complexity index is 1670. The van der Waals surface area contributed by atoms with Crippen molar-refractivity contribution in [3.05, 3.63) is 116 Å². The minimum absolute atomic E-state index is 0.143. The van der Waals surface area contributed by atoms with Gasteiger partial charge < -0.3 is 9.30 Å². The number of barbiturate groups is 1. The molecule has 0 spiro atoms. The highest BCUT2D eigenvalue weighted by molar-refractivity contribution is 9.10. The number of amides is 4. The molecule has 5 rings (SSSR count). The lowest BCUT2D eigenvalue weighted by atomic mass is 10.1. The molecule has 1 aliphatic heterocycles. The standard InChI is InChI=1S/C31H25BrClN3O4/c1-18-15-22(16-26-29(37)34-31(39)36(30(26)38)28-6-4-5-27(33)19(28)2)20(3)35(18)24-11-13-25(14-12-24)40-17-21-7-9-23(32)10-8-21/h4-16H,17H2,1-3H3,(H,34,37,39)/b26-16+. The summed E-state index contributed by atoms with van der Waals surface area (Å²) in [6.07, 6.45) is 1.52. The summed E-state index contributed by atoms with van der Waals surface area (Å²) >= 11 is 9.65. The Kier molecular flexibility index (Phi) is 7.65. The van der Waals surface area contributed by atoms with Gasteiger partial charge in [0.1, 0.15) is 17.9 Å². The van der Waals surface area contributed by atoms with Gasteiger partial charge in [0.25, 0.3) is 11.8 Å². The van der Waals surface area contributed by atoms with E-state index in [9.17, 15) is 14.4 Å². The molecule has 4 aromatic rings. The SMILES string of the molecule is Cc1c(Cl)cccc1N1C(=O)NC(=O)/C(=C\c2cc(C)n(-c3ccc(OCc4ccc(Br)cc4)cc3)c2C)C1=O. The average Bonchev–Trinajstić information content (AvgIpc) is 3.21. The van der Waals surface area contributed by atoms with Crippen LogP contribution in [0.1, 0.15) is 28.1 Å². The van der Waals surface area contributed by atoms with Gasteiger partial charge in [-0.25, -0.2) is 9.69 Å². The first-order valence-corrected chi connectivity index (χ1v) is 13.6. The van der Waals surface area contributed by atoms with Crippen LogP contribution >= 0.6 is 27.5 Å². The Morgan fingerprint density at radius 1 is 0.950 bits per heavy atom. The third-order valence-electron chi connectivity index (χ3n) is 6.77. The van der Waals surface area contributed by atoms with Crippen LogP contribution < -0.4 is 15.0 Å². The van der Waals surface area contributed by atoms with Crippen molar-refractivity contribution < 1.29 is 19.1 Å². The van der Waals surface area contributed by atoms with Crippen molar-refractivity contribution in [1.82, 2.24) is 9.88 Å². The molecule has 0 radical (unpaired) electrons. The molecule has 9 heteroatoms. The summed E-state index contributed by atoms with van der Waals surface area (Å²) in [6, 6.07) is 21.7. The zero-order chi connectivity index (χ0) is 28.6. The van der Waals surface area contributed by atoms with E-state index >= 15 is 0 Å². The van der Waals surface area contributed by atoms with Crippen LogP contribution in [0, 0.1) is 20.8 Å². The molecule has 4 amide bonds. The summed E-state index contributed by atoms with van der Waals surface area (Å²) in [6.45, 7) is 6.02. The minimum atomic E-state index is -0.814. The third kappa shape index (κ3) is 5.33. The largest absolute Gasteiger partial charge is 0.489 e. The fourth-order valence-corrected chi connectivity index (χ4v) is 5.07. The van der Waals surface area contributed by atoms with Crippen LogP contribution in [0.25, 0.3) is 11.8 Å². The van der Waals surface area contributed by atoms with Gasteiger partial charge >= 0.3 is 6.03 Å². The highest BCUT2D eigenvalue weighted by Gasteiger charge is 2.37. The van der Waals surface area contributed by atoms with Crippen LogP contribution in [0.15, 0.2) is 82.8 Å². The number of carbonyl (C=O) groups is 3. The number of aryl methyl sites for hydroxylation is 1. The van der Waals surface area contributed by atoms with Gasteiger partial charge in [0.05, 0.1) is 5.69 Å². The number of rotatable bonds is 6. The number of imide groups is 2. The maximum atomic E-state index is 13.4. The first-order valence-electron chi connectivity index (χ1n) is 12.5. The van der Waals surface area contributed by atoms with E-state index in [1.54, 1.807) is 25.1 Å². The number of halogens is 2. The Morgan fingerprint density at radius 3 is 2.35 bits per heavy atom. The van der Waals surface area contributed by atoms with E-state index in [0.29, 0.717) is 28.4 Å². The first-order chi connectivity index (χ1) is 19.1. The number of urea groups is 1. The quantitative estimate of drug-likeness (QED) is 0.185. The van der Waals surface area contributed by atoms with Crippen LogP contribution in [0.2, 0.25) is 5.02 Å². The van der Waals surface area contributed by atoms with Crippen LogP contribution in [0.4, 0.5) is 10.5 Å². The molecule has 1 aliphatic rings. The lowest BCUT2D eigenvalue weighted by molar-refractivity contribution is -0.122. The molecule has 3 aromatic carbocycles. The summed E-state index contributed by atoms with van der Waals surface area (Å²) < 4.78 is 8.97. The van der Waals surface area contributed by atoms with E-state index in [1.165, 1.54) is 6.08 Å². The van der Waals surface area contributed by atoms with E-state index < -0.39 is 17.8 Å². The van der Waals surface area contributed by atoms with Crippen LogP contribution in [0.5, 0.6) is 5.75 Å². The molecule has 7 nitrogen and oxygen atoms in total. The number of ether oxygens (including phenoxy) is 1. The molecule has 202 valence electrons. The summed E-state index contributed by atoms with van der Waals surface area (Å²) in [4.78, 5) is 39.7. The second kappa shape index (κ2) is 11.2. The minimum Gasteiger partial charge on any atom is -0.489 e. The van der Waals surface area contributed by atoms with Gasteiger partial charge in [-0.2, -0.15) is 0 Å². The van der Waals surface area contributed by atoms with E-state index in [-0.39, 0.29) is 5.57 Å². The topological polar surface area (TPSA) is 80.6 Å². The van der Waals surface area contributed by atoms with Gasteiger partial charge in [0.2, 0.25) is 0 Å². The Hall–Kier alpha value is -4.14. The van der Waals surface area contributed by atoms with E-state index in [1.807, 2.05) is 73.0 Å². The molecule has 0 atom stereocenters. The van der Waals surface area contributed by atoms with Crippen molar-refractivity contribution in [2.75, 3.05) is 4.90 Å². The number of hydrogen-bond acceptors (Lipinski definition) is 4. The summed E-state index contributed by atoms with van der Waals surface area (Å²) in [7, 11) is 0. The molecule has 1 aromatic heterocycles. The van der Waals surface area contributed by atoms with Gasteiger partial charge in [-0.15, -0.1) is 0 Å². The lowest BCUT2D eigenvalue weighted by Crippen LogP contribution is -2.54. The molecular weight excluding hydrogens is 594 g/mol. The molecule has 1 fully saturated rings. The molecule has 0 unspecified atom stereocenters. The number of carbonyl (C=O) groups excluding carboxylic acids is 3. The molecule has 2 heterocycles. The molecule has 1 N–H and O–H groups in total. The predicted octanol–water partition coefficient (Wildman–Crippen LogP) is 7.06. The number of nitrogens with one attached hydrogen (secondary N) is 1. The molecular formula is C31H25BrClN3O4. The van der Waals surface area contributed by atoms with E-state index in [4.69, 9.17) is 16.3 Å². The molecule has 40 heavy (non-hydrogen) atoms. The number of anilines is 1. The lowest BCUT2D eigenvalue weighted by Gasteiger charge is -2.27. The fourth-order valence-electron chi connectivity index (χ4n) is 4.64. The average molecular weight is 619 g/mol. The third-order valence-corrected chi connectivity index (χ3v) is 7.70. The highest BCUT2D eigenvalue weighted by Crippen LogP contribution is 2.31. The number of aromatic nitrogens is 1. The monoisotopic (exact) mass is 617 g/mol. The van der Waals surface area contributed by atoms with Crippen molar-refractivity contribution in [1.29, 1.82) is 0 Å². The van der Waals surface area contributed by atoms with Crippen LogP contribution in [0.3, 0.4) is 0 Å². The van der Waals surface area contributed by atoms with Crippen molar-refractivity contribution in [3.8, 4) is 11.4 Å². The van der Waals surface area contributed by atoms with Crippen molar-refractivity contribution in [2.45, 2.75) is 27.4 Å². The van der Waals surface area contributed by atoms with Gasteiger partial charge in [0, 0.05) is 26.6 Å². The highest BCUT2D eigenvalue weighted by atomic mass is 79.9. The Balaban J connectivity index is 1.41.